The number of pyridine rings is 1. The molecule has 0 atom stereocenters. The lowest BCUT2D eigenvalue weighted by molar-refractivity contribution is 0.587. The highest BCUT2D eigenvalue weighted by Crippen LogP contribution is 2.25. The fourth-order valence-corrected chi connectivity index (χ4v) is 1.63. The van der Waals surface area contributed by atoms with Crippen molar-refractivity contribution < 1.29 is 8.78 Å². The van der Waals surface area contributed by atoms with E-state index in [9.17, 15) is 8.78 Å². The van der Waals surface area contributed by atoms with Crippen LogP contribution in [-0.4, -0.2) is 4.98 Å². The molecule has 1 heterocycles. The molecule has 3 N–H and O–H groups in total. The van der Waals surface area contributed by atoms with Crippen molar-refractivity contribution >= 4 is 23.0 Å². The van der Waals surface area contributed by atoms with Crippen molar-refractivity contribution in [2.75, 3.05) is 11.1 Å². The lowest BCUT2D eigenvalue weighted by Gasteiger charge is -2.10. The Morgan fingerprint density at radius 2 is 2.06 bits per heavy atom. The van der Waals surface area contributed by atoms with Gasteiger partial charge in [0.15, 0.2) is 5.15 Å². The number of nitrogen functional groups attached to an aromatic ring is 1. The van der Waals surface area contributed by atoms with E-state index >= 15 is 0 Å². The van der Waals surface area contributed by atoms with Gasteiger partial charge in [0.05, 0.1) is 11.4 Å². The van der Waals surface area contributed by atoms with Crippen molar-refractivity contribution in [3.63, 3.8) is 0 Å². The maximum atomic E-state index is 13.4. The molecule has 0 bridgehead atoms. The van der Waals surface area contributed by atoms with E-state index < -0.39 is 11.6 Å². The third kappa shape index (κ3) is 2.68. The Hall–Kier alpha value is -1.88. The van der Waals surface area contributed by atoms with Crippen LogP contribution in [0.15, 0.2) is 30.5 Å². The minimum atomic E-state index is -0.492. The molecular formula is C12H10ClF2N3. The van der Waals surface area contributed by atoms with Gasteiger partial charge in [-0.2, -0.15) is 0 Å². The zero-order chi connectivity index (χ0) is 13.1. The van der Waals surface area contributed by atoms with Crippen LogP contribution in [0.4, 0.5) is 20.2 Å². The minimum Gasteiger partial charge on any atom is -0.395 e. The van der Waals surface area contributed by atoms with Gasteiger partial charge in [0, 0.05) is 18.3 Å². The Morgan fingerprint density at radius 1 is 1.28 bits per heavy atom. The van der Waals surface area contributed by atoms with E-state index in [1.807, 2.05) is 0 Å². The first-order valence-corrected chi connectivity index (χ1v) is 5.53. The Morgan fingerprint density at radius 3 is 2.83 bits per heavy atom. The van der Waals surface area contributed by atoms with Gasteiger partial charge in [0.25, 0.3) is 0 Å². The van der Waals surface area contributed by atoms with Crippen molar-refractivity contribution in [3.8, 4) is 0 Å². The van der Waals surface area contributed by atoms with Crippen LogP contribution in [0, 0.1) is 11.6 Å². The van der Waals surface area contributed by atoms with Crippen LogP contribution in [0.5, 0.6) is 0 Å². The van der Waals surface area contributed by atoms with Crippen molar-refractivity contribution in [2.45, 2.75) is 6.54 Å². The molecule has 0 aliphatic heterocycles. The molecule has 18 heavy (non-hydrogen) atoms. The van der Waals surface area contributed by atoms with Crippen LogP contribution in [0.3, 0.4) is 0 Å². The van der Waals surface area contributed by atoms with Crippen LogP contribution in [0.1, 0.15) is 5.56 Å². The highest BCUT2D eigenvalue weighted by molar-refractivity contribution is 6.32. The number of anilines is 2. The molecule has 1 aromatic carbocycles. The normalized spacial score (nSPS) is 10.4. The zero-order valence-electron chi connectivity index (χ0n) is 9.25. The third-order valence-corrected chi connectivity index (χ3v) is 2.72. The van der Waals surface area contributed by atoms with Gasteiger partial charge < -0.3 is 11.1 Å². The van der Waals surface area contributed by atoms with Crippen molar-refractivity contribution in [3.05, 3.63) is 52.8 Å². The van der Waals surface area contributed by atoms with Gasteiger partial charge in [-0.3, -0.25) is 0 Å². The summed E-state index contributed by atoms with van der Waals surface area (Å²) in [4.78, 5) is 3.79. The topological polar surface area (TPSA) is 50.9 Å². The minimum absolute atomic E-state index is 0.105. The summed E-state index contributed by atoms with van der Waals surface area (Å²) < 4.78 is 26.3. The average Bonchev–Trinajstić information content (AvgIpc) is 2.35. The number of hydrogen-bond donors (Lipinski definition) is 2. The van der Waals surface area contributed by atoms with E-state index in [0.29, 0.717) is 5.69 Å². The molecule has 0 amide bonds. The predicted molar refractivity (Wildman–Crippen MR) is 67.3 cm³/mol. The van der Waals surface area contributed by atoms with E-state index in [2.05, 4.69) is 10.3 Å². The summed E-state index contributed by atoms with van der Waals surface area (Å²) in [6, 6.07) is 4.88. The molecule has 2 aromatic rings. The molecule has 1 aromatic heterocycles. The van der Waals surface area contributed by atoms with Crippen molar-refractivity contribution in [1.82, 2.24) is 4.98 Å². The molecule has 0 saturated carbocycles. The molecule has 0 spiro atoms. The molecule has 0 aliphatic rings. The average molecular weight is 270 g/mol. The number of nitrogens with zero attached hydrogens (tertiary/aromatic N) is 1. The number of rotatable bonds is 3. The maximum absolute atomic E-state index is 13.4. The molecule has 0 saturated heterocycles. The quantitative estimate of drug-likeness (QED) is 0.841. The highest BCUT2D eigenvalue weighted by atomic mass is 35.5. The number of nitrogens with one attached hydrogen (secondary N) is 1. The Balaban J connectivity index is 2.16. The molecular weight excluding hydrogens is 260 g/mol. The van der Waals surface area contributed by atoms with Gasteiger partial charge in [-0.1, -0.05) is 11.6 Å². The molecule has 0 aliphatic carbocycles. The van der Waals surface area contributed by atoms with Crippen LogP contribution >= 0.6 is 11.6 Å². The summed E-state index contributed by atoms with van der Waals surface area (Å²) in [6.07, 6.45) is 1.48. The molecule has 0 fully saturated rings. The fourth-order valence-electron chi connectivity index (χ4n) is 1.47. The second kappa shape index (κ2) is 5.18. The van der Waals surface area contributed by atoms with Crippen LogP contribution in [0.25, 0.3) is 0 Å². The van der Waals surface area contributed by atoms with E-state index in [-0.39, 0.29) is 22.9 Å². The zero-order valence-corrected chi connectivity index (χ0v) is 10.0. The van der Waals surface area contributed by atoms with Gasteiger partial charge in [-0.25, -0.2) is 13.8 Å². The Labute approximate surface area is 108 Å². The van der Waals surface area contributed by atoms with Crippen LogP contribution in [0.2, 0.25) is 5.15 Å². The van der Waals surface area contributed by atoms with E-state index in [1.165, 1.54) is 6.20 Å². The predicted octanol–water partition coefficient (Wildman–Crippen LogP) is 3.21. The van der Waals surface area contributed by atoms with Gasteiger partial charge in [0.1, 0.15) is 11.6 Å². The lowest BCUT2D eigenvalue weighted by Crippen LogP contribution is -2.05. The van der Waals surface area contributed by atoms with Crippen LogP contribution in [-0.2, 0) is 6.54 Å². The summed E-state index contributed by atoms with van der Waals surface area (Å²) >= 11 is 5.74. The summed E-state index contributed by atoms with van der Waals surface area (Å²) in [5, 5.41) is 3.05. The number of aromatic nitrogens is 1. The van der Waals surface area contributed by atoms with E-state index in [4.69, 9.17) is 17.3 Å². The summed E-state index contributed by atoms with van der Waals surface area (Å²) in [5.41, 5.74) is 6.70. The van der Waals surface area contributed by atoms with Crippen molar-refractivity contribution in [2.24, 2.45) is 0 Å². The Kier molecular flexibility index (Phi) is 3.62. The van der Waals surface area contributed by atoms with Crippen LogP contribution < -0.4 is 11.1 Å². The first-order chi connectivity index (χ1) is 8.58. The maximum Gasteiger partial charge on any atom is 0.153 e. The second-order valence-electron chi connectivity index (χ2n) is 3.65. The van der Waals surface area contributed by atoms with Gasteiger partial charge in [-0.05, 0) is 24.3 Å². The smallest absolute Gasteiger partial charge is 0.153 e. The summed E-state index contributed by atoms with van der Waals surface area (Å²) in [6.45, 7) is 0.105. The lowest BCUT2D eigenvalue weighted by atomic mass is 10.2. The fraction of sp³-hybridized carbons (Fsp3) is 0.0833. The molecule has 2 rings (SSSR count). The summed E-state index contributed by atoms with van der Waals surface area (Å²) in [7, 11) is 0. The third-order valence-electron chi connectivity index (χ3n) is 2.42. The molecule has 6 heteroatoms. The standard InChI is InChI=1S/C12H10ClF2N3/c13-12-11(16)10(3-4-17-12)18-6-7-5-8(14)1-2-9(7)15/h1-5H,6,16H2,(H,17,18). The van der Waals surface area contributed by atoms with E-state index in [1.54, 1.807) is 6.07 Å². The largest absolute Gasteiger partial charge is 0.395 e. The SMILES string of the molecule is Nc1c(NCc2cc(F)ccc2F)ccnc1Cl. The molecule has 0 radical (unpaired) electrons. The number of nitrogens with two attached hydrogens (primary N) is 1. The van der Waals surface area contributed by atoms with E-state index in [0.717, 1.165) is 18.2 Å². The first kappa shape index (κ1) is 12.6. The summed E-state index contributed by atoms with van der Waals surface area (Å²) in [5.74, 6) is -0.975. The first-order valence-electron chi connectivity index (χ1n) is 5.15. The molecule has 3 nitrogen and oxygen atoms in total. The number of benzene rings is 1. The highest BCUT2D eigenvalue weighted by Gasteiger charge is 2.07. The number of hydrogen-bond acceptors (Lipinski definition) is 3. The molecule has 0 unspecified atom stereocenters. The van der Waals surface area contributed by atoms with Crippen molar-refractivity contribution in [1.29, 1.82) is 0 Å². The monoisotopic (exact) mass is 269 g/mol. The second-order valence-corrected chi connectivity index (χ2v) is 4.01. The Bertz CT molecular complexity index is 573. The molecule has 94 valence electrons. The van der Waals surface area contributed by atoms with Gasteiger partial charge in [0.2, 0.25) is 0 Å². The number of halogens is 3. The van der Waals surface area contributed by atoms with Gasteiger partial charge >= 0.3 is 0 Å². The van der Waals surface area contributed by atoms with Gasteiger partial charge in [-0.15, -0.1) is 0 Å².